The standard InChI is InChI=1S/C18H24BrF3N4/c1-4-26(13-5-7-25(8-6-13)11-18(20,21)22)17-12(2)15(19)9-16-14(17)10-23-24(16)3/h9-10,13H,4-8,11H2,1-3H3. The summed E-state index contributed by atoms with van der Waals surface area (Å²) in [6.07, 6.45) is -0.777. The molecule has 0 N–H and O–H groups in total. The molecule has 2 aromatic rings. The van der Waals surface area contributed by atoms with Crippen LogP contribution in [0.5, 0.6) is 0 Å². The van der Waals surface area contributed by atoms with E-state index in [-0.39, 0.29) is 6.04 Å². The molecule has 0 aliphatic carbocycles. The minimum absolute atomic E-state index is 0.237. The average Bonchev–Trinajstić information content (AvgIpc) is 2.92. The first kappa shape index (κ1) is 19.5. The Balaban J connectivity index is 1.87. The van der Waals surface area contributed by atoms with Gasteiger partial charge < -0.3 is 4.90 Å². The Labute approximate surface area is 160 Å². The van der Waals surface area contributed by atoms with Gasteiger partial charge >= 0.3 is 6.18 Å². The van der Waals surface area contributed by atoms with Crippen molar-refractivity contribution in [3.63, 3.8) is 0 Å². The number of hydrogen-bond acceptors (Lipinski definition) is 3. The maximum Gasteiger partial charge on any atom is 0.401 e. The molecule has 1 aromatic heterocycles. The number of fused-ring (bicyclic) bond motifs is 1. The van der Waals surface area contributed by atoms with Gasteiger partial charge in [0.05, 0.1) is 23.9 Å². The second-order valence-electron chi connectivity index (χ2n) is 6.94. The quantitative estimate of drug-likeness (QED) is 0.710. The average molecular weight is 433 g/mol. The zero-order valence-corrected chi connectivity index (χ0v) is 16.9. The van der Waals surface area contributed by atoms with E-state index >= 15 is 0 Å². The summed E-state index contributed by atoms with van der Waals surface area (Å²) in [5.41, 5.74) is 3.33. The molecule has 0 bridgehead atoms. The van der Waals surface area contributed by atoms with Gasteiger partial charge in [0.1, 0.15) is 0 Å². The Morgan fingerprint density at radius 2 is 1.96 bits per heavy atom. The van der Waals surface area contributed by atoms with Gasteiger partial charge in [-0.25, -0.2) is 0 Å². The highest BCUT2D eigenvalue weighted by Crippen LogP contribution is 2.38. The molecule has 2 heterocycles. The summed E-state index contributed by atoms with van der Waals surface area (Å²) in [7, 11) is 1.92. The van der Waals surface area contributed by atoms with E-state index in [9.17, 15) is 13.2 Å². The third-order valence-electron chi connectivity index (χ3n) is 5.25. The van der Waals surface area contributed by atoms with Crippen molar-refractivity contribution in [1.29, 1.82) is 0 Å². The van der Waals surface area contributed by atoms with Gasteiger partial charge in [0.15, 0.2) is 0 Å². The molecule has 1 aliphatic rings. The molecule has 0 amide bonds. The number of aryl methyl sites for hydroxylation is 1. The van der Waals surface area contributed by atoms with Crippen molar-refractivity contribution in [1.82, 2.24) is 14.7 Å². The summed E-state index contributed by atoms with van der Waals surface area (Å²) in [6, 6.07) is 2.31. The second-order valence-corrected chi connectivity index (χ2v) is 7.80. The smallest absolute Gasteiger partial charge is 0.368 e. The van der Waals surface area contributed by atoms with Crippen LogP contribution in [-0.2, 0) is 7.05 Å². The summed E-state index contributed by atoms with van der Waals surface area (Å²) in [5.74, 6) is 0. The van der Waals surface area contributed by atoms with Gasteiger partial charge in [0, 0.05) is 42.6 Å². The van der Waals surface area contributed by atoms with Gasteiger partial charge in [-0.2, -0.15) is 18.3 Å². The second kappa shape index (κ2) is 7.38. The first-order chi connectivity index (χ1) is 12.2. The van der Waals surface area contributed by atoms with Gasteiger partial charge in [-0.05, 0) is 38.3 Å². The molecule has 1 aliphatic heterocycles. The lowest BCUT2D eigenvalue weighted by Crippen LogP contribution is -2.47. The van der Waals surface area contributed by atoms with E-state index in [1.807, 2.05) is 17.9 Å². The molecule has 1 aromatic carbocycles. The number of nitrogens with zero attached hydrogens (tertiary/aromatic N) is 4. The van der Waals surface area contributed by atoms with Gasteiger partial charge in [-0.3, -0.25) is 9.58 Å². The van der Waals surface area contributed by atoms with Gasteiger partial charge in [0.2, 0.25) is 0 Å². The Kier molecular flexibility index (Phi) is 5.53. The van der Waals surface area contributed by atoms with E-state index in [4.69, 9.17) is 0 Å². The van der Waals surface area contributed by atoms with Crippen molar-refractivity contribution in [3.05, 3.63) is 22.3 Å². The lowest BCUT2D eigenvalue weighted by molar-refractivity contribution is -0.147. The topological polar surface area (TPSA) is 24.3 Å². The predicted octanol–water partition coefficient (Wildman–Crippen LogP) is 4.50. The molecule has 144 valence electrons. The van der Waals surface area contributed by atoms with Crippen LogP contribution in [0.15, 0.2) is 16.7 Å². The molecule has 0 spiro atoms. The largest absolute Gasteiger partial charge is 0.401 e. The van der Waals surface area contributed by atoms with Crippen LogP contribution in [0.4, 0.5) is 18.9 Å². The number of anilines is 1. The van der Waals surface area contributed by atoms with Crippen molar-refractivity contribution in [3.8, 4) is 0 Å². The summed E-state index contributed by atoms with van der Waals surface area (Å²) < 4.78 is 40.8. The van der Waals surface area contributed by atoms with Crippen molar-refractivity contribution in [2.75, 3.05) is 31.1 Å². The molecule has 0 unspecified atom stereocenters. The highest BCUT2D eigenvalue weighted by Gasteiger charge is 2.34. The Hall–Kier alpha value is -1.28. The number of benzene rings is 1. The summed E-state index contributed by atoms with van der Waals surface area (Å²) in [4.78, 5) is 3.85. The van der Waals surface area contributed by atoms with Crippen LogP contribution >= 0.6 is 15.9 Å². The summed E-state index contributed by atoms with van der Waals surface area (Å²) in [6.45, 7) is 5.13. The molecule has 0 radical (unpaired) electrons. The number of aromatic nitrogens is 2. The highest BCUT2D eigenvalue weighted by atomic mass is 79.9. The van der Waals surface area contributed by atoms with Crippen LogP contribution in [-0.4, -0.2) is 53.1 Å². The lowest BCUT2D eigenvalue weighted by Gasteiger charge is -2.40. The minimum atomic E-state index is -4.12. The highest BCUT2D eigenvalue weighted by molar-refractivity contribution is 9.10. The number of rotatable bonds is 4. The van der Waals surface area contributed by atoms with Gasteiger partial charge in [0.25, 0.3) is 0 Å². The van der Waals surface area contributed by atoms with Gasteiger partial charge in [-0.15, -0.1) is 0 Å². The maximum absolute atomic E-state index is 12.6. The van der Waals surface area contributed by atoms with E-state index in [1.54, 1.807) is 0 Å². The third-order valence-corrected chi connectivity index (χ3v) is 6.07. The minimum Gasteiger partial charge on any atom is -0.368 e. The molecular formula is C18H24BrF3N4. The predicted molar refractivity (Wildman–Crippen MR) is 102 cm³/mol. The first-order valence-electron chi connectivity index (χ1n) is 8.87. The Morgan fingerprint density at radius 3 is 2.54 bits per heavy atom. The fraction of sp³-hybridized carbons (Fsp3) is 0.611. The van der Waals surface area contributed by atoms with Crippen LogP contribution in [0, 0.1) is 6.92 Å². The van der Waals surface area contributed by atoms with Gasteiger partial charge in [-0.1, -0.05) is 15.9 Å². The van der Waals surface area contributed by atoms with Crippen molar-refractivity contribution in [2.24, 2.45) is 7.05 Å². The molecule has 1 saturated heterocycles. The van der Waals surface area contributed by atoms with Crippen LogP contribution in [0.25, 0.3) is 10.9 Å². The van der Waals surface area contributed by atoms with E-state index in [1.165, 1.54) is 4.90 Å². The molecule has 26 heavy (non-hydrogen) atoms. The fourth-order valence-corrected chi connectivity index (χ4v) is 4.36. The molecule has 0 saturated carbocycles. The van der Waals surface area contributed by atoms with E-state index in [0.29, 0.717) is 13.1 Å². The van der Waals surface area contributed by atoms with Crippen LogP contribution in [0.3, 0.4) is 0 Å². The fourth-order valence-electron chi connectivity index (χ4n) is 3.96. The maximum atomic E-state index is 12.6. The van der Waals surface area contributed by atoms with E-state index < -0.39 is 12.7 Å². The van der Waals surface area contributed by atoms with E-state index in [0.717, 1.165) is 46.0 Å². The summed E-state index contributed by atoms with van der Waals surface area (Å²) in [5, 5.41) is 5.48. The Morgan fingerprint density at radius 1 is 1.31 bits per heavy atom. The number of piperidine rings is 1. The van der Waals surface area contributed by atoms with Crippen molar-refractivity contribution < 1.29 is 13.2 Å². The zero-order chi connectivity index (χ0) is 19.1. The Bertz CT molecular complexity index is 779. The number of halogens is 4. The lowest BCUT2D eigenvalue weighted by atomic mass is 10.00. The van der Waals surface area contributed by atoms with E-state index in [2.05, 4.69) is 45.8 Å². The monoisotopic (exact) mass is 432 g/mol. The normalized spacial score (nSPS) is 17.2. The molecule has 4 nitrogen and oxygen atoms in total. The molecule has 3 rings (SSSR count). The van der Waals surface area contributed by atoms with Crippen molar-refractivity contribution >= 4 is 32.5 Å². The number of hydrogen-bond donors (Lipinski definition) is 0. The number of alkyl halides is 3. The van der Waals surface area contributed by atoms with Crippen LogP contribution < -0.4 is 4.90 Å². The zero-order valence-electron chi connectivity index (χ0n) is 15.3. The number of likely N-dealkylation sites (tertiary alicyclic amines) is 1. The molecule has 8 heteroatoms. The van der Waals surface area contributed by atoms with Crippen LogP contribution in [0.2, 0.25) is 0 Å². The summed E-state index contributed by atoms with van der Waals surface area (Å²) >= 11 is 3.65. The third kappa shape index (κ3) is 3.86. The molecule has 1 fully saturated rings. The molecular weight excluding hydrogens is 409 g/mol. The van der Waals surface area contributed by atoms with Crippen molar-refractivity contribution in [2.45, 2.75) is 38.9 Å². The van der Waals surface area contributed by atoms with Crippen LogP contribution in [0.1, 0.15) is 25.3 Å². The SMILES string of the molecule is CCN(c1c(C)c(Br)cc2c1cnn2C)C1CCN(CC(F)(F)F)CC1. The molecule has 0 atom stereocenters. The first-order valence-corrected chi connectivity index (χ1v) is 9.67.